The van der Waals surface area contributed by atoms with E-state index in [1.54, 1.807) is 0 Å². The zero-order valence-electron chi connectivity index (χ0n) is 14.9. The van der Waals surface area contributed by atoms with Crippen LogP contribution in [-0.2, 0) is 4.79 Å². The molecule has 1 heterocycles. The van der Waals surface area contributed by atoms with E-state index in [0.717, 1.165) is 55.4 Å². The van der Waals surface area contributed by atoms with Crippen molar-refractivity contribution < 1.29 is 4.79 Å². The van der Waals surface area contributed by atoms with Gasteiger partial charge in [0.05, 0.1) is 17.3 Å². The topological polar surface area (TPSA) is 90.7 Å². The van der Waals surface area contributed by atoms with Crippen molar-refractivity contribution in [3.63, 3.8) is 0 Å². The van der Waals surface area contributed by atoms with E-state index in [1.165, 1.54) is 11.8 Å². The Labute approximate surface area is 157 Å². The minimum atomic E-state index is -0.699. The average molecular weight is 369 g/mol. The van der Waals surface area contributed by atoms with Crippen LogP contribution in [0.15, 0.2) is 29.4 Å². The number of rotatable bonds is 6. The van der Waals surface area contributed by atoms with Crippen molar-refractivity contribution >= 4 is 34.4 Å². The zero-order chi connectivity index (χ0) is 18.4. The van der Waals surface area contributed by atoms with E-state index in [1.807, 2.05) is 31.2 Å². The SMILES string of the molecule is CCNc1nc(SCC(=O)NC2(C#N)CCCCC2)nc2ccccc12. The largest absolute Gasteiger partial charge is 0.370 e. The zero-order valence-corrected chi connectivity index (χ0v) is 15.7. The molecule has 1 amide bonds. The molecular formula is C19H23N5OS. The summed E-state index contributed by atoms with van der Waals surface area (Å²) >= 11 is 1.30. The molecule has 1 aromatic carbocycles. The molecule has 26 heavy (non-hydrogen) atoms. The van der Waals surface area contributed by atoms with Crippen LogP contribution in [0, 0.1) is 11.3 Å². The van der Waals surface area contributed by atoms with Gasteiger partial charge in [-0.3, -0.25) is 4.79 Å². The van der Waals surface area contributed by atoms with Crippen LogP contribution in [0.4, 0.5) is 5.82 Å². The maximum atomic E-state index is 12.4. The number of anilines is 1. The minimum Gasteiger partial charge on any atom is -0.370 e. The van der Waals surface area contributed by atoms with Crippen molar-refractivity contribution in [1.29, 1.82) is 5.26 Å². The maximum Gasteiger partial charge on any atom is 0.231 e. The van der Waals surface area contributed by atoms with E-state index < -0.39 is 5.54 Å². The molecular weight excluding hydrogens is 346 g/mol. The average Bonchev–Trinajstić information content (AvgIpc) is 2.67. The molecule has 2 N–H and O–H groups in total. The Balaban J connectivity index is 1.69. The highest BCUT2D eigenvalue weighted by Crippen LogP contribution is 2.28. The standard InChI is InChI=1S/C19H23N5OS/c1-2-21-17-14-8-4-5-9-15(14)22-18(23-17)26-12-16(25)24-19(13-20)10-6-3-7-11-19/h4-5,8-9H,2-3,6-7,10-12H2,1H3,(H,24,25)(H,21,22,23). The fraction of sp³-hybridized carbons (Fsp3) is 0.474. The molecule has 6 nitrogen and oxygen atoms in total. The van der Waals surface area contributed by atoms with Gasteiger partial charge in [-0.15, -0.1) is 0 Å². The summed E-state index contributed by atoms with van der Waals surface area (Å²) in [4.78, 5) is 21.5. The number of nitrogens with one attached hydrogen (secondary N) is 2. The Morgan fingerprint density at radius 3 is 2.77 bits per heavy atom. The summed E-state index contributed by atoms with van der Waals surface area (Å²) in [5, 5.41) is 17.2. The Morgan fingerprint density at radius 2 is 2.04 bits per heavy atom. The summed E-state index contributed by atoms with van der Waals surface area (Å²) < 4.78 is 0. The number of para-hydroxylation sites is 1. The monoisotopic (exact) mass is 369 g/mol. The normalized spacial score (nSPS) is 16.0. The van der Waals surface area contributed by atoms with Crippen LogP contribution in [0.3, 0.4) is 0 Å². The second kappa shape index (κ2) is 8.37. The fourth-order valence-electron chi connectivity index (χ4n) is 3.28. The van der Waals surface area contributed by atoms with E-state index in [9.17, 15) is 10.1 Å². The molecule has 1 aromatic heterocycles. The van der Waals surface area contributed by atoms with Gasteiger partial charge < -0.3 is 10.6 Å². The number of nitriles is 1. The van der Waals surface area contributed by atoms with Crippen LogP contribution in [0.1, 0.15) is 39.0 Å². The molecule has 0 bridgehead atoms. The Kier molecular flexibility index (Phi) is 5.94. The molecule has 0 unspecified atom stereocenters. The Hall–Kier alpha value is -2.33. The number of carbonyl (C=O) groups is 1. The second-order valence-corrected chi connectivity index (χ2v) is 7.44. The third-order valence-corrected chi connectivity index (χ3v) is 5.41. The van der Waals surface area contributed by atoms with Crippen molar-refractivity contribution in [2.45, 2.75) is 49.7 Å². The summed E-state index contributed by atoms with van der Waals surface area (Å²) in [7, 11) is 0. The van der Waals surface area contributed by atoms with Crippen LogP contribution in [-0.4, -0.2) is 33.7 Å². The van der Waals surface area contributed by atoms with Crippen molar-refractivity contribution in [3.8, 4) is 6.07 Å². The molecule has 1 saturated carbocycles. The van der Waals surface area contributed by atoms with E-state index in [2.05, 4.69) is 26.7 Å². The first-order valence-electron chi connectivity index (χ1n) is 9.01. The Bertz CT molecular complexity index is 826. The van der Waals surface area contributed by atoms with Crippen molar-refractivity contribution in [1.82, 2.24) is 15.3 Å². The molecule has 136 valence electrons. The van der Waals surface area contributed by atoms with Crippen molar-refractivity contribution in [3.05, 3.63) is 24.3 Å². The van der Waals surface area contributed by atoms with Gasteiger partial charge in [0.25, 0.3) is 0 Å². The van der Waals surface area contributed by atoms with Gasteiger partial charge in [-0.25, -0.2) is 9.97 Å². The number of hydrogen-bond donors (Lipinski definition) is 2. The molecule has 0 atom stereocenters. The summed E-state index contributed by atoms with van der Waals surface area (Å²) in [6.07, 6.45) is 4.57. The van der Waals surface area contributed by atoms with E-state index in [4.69, 9.17) is 0 Å². The van der Waals surface area contributed by atoms with E-state index >= 15 is 0 Å². The highest BCUT2D eigenvalue weighted by molar-refractivity contribution is 7.99. The summed E-state index contributed by atoms with van der Waals surface area (Å²) in [5.41, 5.74) is 0.150. The minimum absolute atomic E-state index is 0.139. The molecule has 0 spiro atoms. The smallest absolute Gasteiger partial charge is 0.231 e. The van der Waals surface area contributed by atoms with Crippen molar-refractivity contribution in [2.75, 3.05) is 17.6 Å². The lowest BCUT2D eigenvalue weighted by molar-refractivity contribution is -0.120. The number of fused-ring (bicyclic) bond motifs is 1. The second-order valence-electron chi connectivity index (χ2n) is 6.49. The first-order valence-corrected chi connectivity index (χ1v) is 10.00. The van der Waals surface area contributed by atoms with Crippen LogP contribution in [0.25, 0.3) is 10.9 Å². The van der Waals surface area contributed by atoms with E-state index in [0.29, 0.717) is 5.16 Å². The van der Waals surface area contributed by atoms with Gasteiger partial charge >= 0.3 is 0 Å². The van der Waals surface area contributed by atoms with Crippen LogP contribution < -0.4 is 10.6 Å². The fourth-order valence-corrected chi connectivity index (χ4v) is 3.93. The number of carbonyl (C=O) groups excluding carboxylic acids is 1. The summed E-state index contributed by atoms with van der Waals surface area (Å²) in [5.74, 6) is 0.842. The van der Waals surface area contributed by atoms with Gasteiger partial charge in [0.1, 0.15) is 11.4 Å². The third kappa shape index (κ3) is 4.25. The molecule has 0 radical (unpaired) electrons. The number of nitrogens with zero attached hydrogens (tertiary/aromatic N) is 3. The molecule has 0 saturated heterocycles. The maximum absolute atomic E-state index is 12.4. The number of hydrogen-bond acceptors (Lipinski definition) is 6. The number of aromatic nitrogens is 2. The lowest BCUT2D eigenvalue weighted by Gasteiger charge is -2.31. The first kappa shape index (κ1) is 18.5. The molecule has 1 aliphatic rings. The number of benzene rings is 1. The van der Waals surface area contributed by atoms with E-state index in [-0.39, 0.29) is 11.7 Å². The molecule has 0 aliphatic heterocycles. The van der Waals surface area contributed by atoms with Gasteiger partial charge in [0, 0.05) is 11.9 Å². The lowest BCUT2D eigenvalue weighted by Crippen LogP contribution is -2.49. The quantitative estimate of drug-likeness (QED) is 0.598. The van der Waals surface area contributed by atoms with Gasteiger partial charge in [-0.2, -0.15) is 5.26 Å². The predicted molar refractivity (Wildman–Crippen MR) is 104 cm³/mol. The molecule has 7 heteroatoms. The van der Waals surface area contributed by atoms with Gasteiger partial charge in [0.2, 0.25) is 5.91 Å². The number of thioether (sulfide) groups is 1. The van der Waals surface area contributed by atoms with Gasteiger partial charge in [-0.05, 0) is 31.9 Å². The summed E-state index contributed by atoms with van der Waals surface area (Å²) in [6, 6.07) is 10.1. The van der Waals surface area contributed by atoms with Gasteiger partial charge in [-0.1, -0.05) is 43.2 Å². The molecule has 2 aromatic rings. The summed E-state index contributed by atoms with van der Waals surface area (Å²) in [6.45, 7) is 2.78. The highest BCUT2D eigenvalue weighted by atomic mass is 32.2. The predicted octanol–water partition coefficient (Wildman–Crippen LogP) is 3.50. The van der Waals surface area contributed by atoms with Crippen molar-refractivity contribution in [2.24, 2.45) is 0 Å². The van der Waals surface area contributed by atoms with Crippen LogP contribution >= 0.6 is 11.8 Å². The van der Waals surface area contributed by atoms with Gasteiger partial charge in [0.15, 0.2) is 5.16 Å². The highest BCUT2D eigenvalue weighted by Gasteiger charge is 2.33. The Morgan fingerprint density at radius 1 is 1.27 bits per heavy atom. The molecule has 3 rings (SSSR count). The molecule has 1 fully saturated rings. The lowest BCUT2D eigenvalue weighted by atomic mass is 9.83. The van der Waals surface area contributed by atoms with Crippen LogP contribution in [0.2, 0.25) is 0 Å². The van der Waals surface area contributed by atoms with Crippen LogP contribution in [0.5, 0.6) is 0 Å². The number of amides is 1. The first-order chi connectivity index (χ1) is 12.7. The third-order valence-electron chi connectivity index (χ3n) is 4.56. The molecule has 1 aliphatic carbocycles.